The molecule has 2 heterocycles. The Morgan fingerprint density at radius 2 is 1.17 bits per heavy atom. The number of nitro groups is 2. The van der Waals surface area contributed by atoms with Gasteiger partial charge in [0.25, 0.3) is 10.1 Å². The first-order chi connectivity index (χ1) is 33.5. The fourth-order valence-corrected chi connectivity index (χ4v) is 15.5. The molecule has 24 heteroatoms. The van der Waals surface area contributed by atoms with Gasteiger partial charge in [0.15, 0.2) is 0 Å². The van der Waals surface area contributed by atoms with Crippen molar-refractivity contribution in [2.24, 2.45) is 0 Å². The minimum atomic E-state index is -4.38. The van der Waals surface area contributed by atoms with E-state index in [0.717, 1.165) is 24.3 Å². The number of anilines is 2. The Labute approximate surface area is 406 Å². The zero-order chi connectivity index (χ0) is 51.6. The number of benzene rings is 5. The summed E-state index contributed by atoms with van der Waals surface area (Å²) in [4.78, 5) is 101. The maximum atomic E-state index is 13.8. The van der Waals surface area contributed by atoms with Gasteiger partial charge in [-0.15, -0.1) is 0 Å². The number of nitro benzene ring substituents is 2. The molecule has 0 fully saturated rings. The average molecular weight is 1050 g/mol. The number of carbonyl (C=O) groups is 6. The molecule has 368 valence electrons. The van der Waals surface area contributed by atoms with Crippen molar-refractivity contribution >= 4 is 90.7 Å². The van der Waals surface area contributed by atoms with E-state index in [-0.39, 0.29) is 50.7 Å². The molecule has 0 bridgehead atoms. The molecular weight excluding hydrogens is 1010 g/mol. The van der Waals surface area contributed by atoms with Crippen molar-refractivity contribution in [3.05, 3.63) is 161 Å². The Morgan fingerprint density at radius 1 is 0.690 bits per heavy atom. The van der Waals surface area contributed by atoms with Gasteiger partial charge in [0, 0.05) is 13.1 Å². The molecule has 5 aromatic rings. The number of hydrogen-bond donors (Lipinski definition) is 5. The van der Waals surface area contributed by atoms with E-state index in [4.69, 9.17) is 18.8 Å². The van der Waals surface area contributed by atoms with Crippen LogP contribution in [-0.2, 0) is 43.1 Å². The summed E-state index contributed by atoms with van der Waals surface area (Å²) >= 11 is -3.73. The van der Waals surface area contributed by atoms with Crippen molar-refractivity contribution < 1.29 is 65.8 Å². The van der Waals surface area contributed by atoms with Gasteiger partial charge in [0.1, 0.15) is 0 Å². The first-order valence-electron chi connectivity index (χ1n) is 21.7. The first-order valence-corrected chi connectivity index (χ1v) is 29.6. The van der Waals surface area contributed by atoms with Gasteiger partial charge >= 0.3 is 353 Å². The second-order valence-electron chi connectivity index (χ2n) is 16.9. The van der Waals surface area contributed by atoms with Gasteiger partial charge in [0.2, 0.25) is 0 Å². The number of ketones is 1. The molecule has 2 aliphatic heterocycles. The summed E-state index contributed by atoms with van der Waals surface area (Å²) < 4.78 is 49.7. The van der Waals surface area contributed by atoms with Crippen LogP contribution in [0.3, 0.4) is 0 Å². The molecule has 0 saturated carbocycles. The topological polar surface area (TPSA) is 319 Å². The number of fused-ring (bicyclic) bond motifs is 6. The molecule has 71 heavy (non-hydrogen) atoms. The van der Waals surface area contributed by atoms with Crippen molar-refractivity contribution in [1.82, 2.24) is 10.6 Å². The first kappa shape index (κ1) is 50.8. The van der Waals surface area contributed by atoms with E-state index < -0.39 is 100 Å². The van der Waals surface area contributed by atoms with Crippen LogP contribution in [-0.4, -0.2) is 90.7 Å². The average Bonchev–Trinajstić information content (AvgIpc) is 3.61. The number of hydrogen-bond acceptors (Lipinski definition) is 15. The summed E-state index contributed by atoms with van der Waals surface area (Å²) in [6.45, 7) is 1.93. The standard InChI is InChI=1S/C47H44GeN6O16S/c1-5-16-49-42(56)28-7-14-40(53(61)62)30(19-28)24-68-45(59)51-32-9-12-35-38(22-32)48(3,4)39-23-33(10-13-36(39)47(35)37-21-27(26(2)55)6-11-34(37)44(58)70-47)52-46(60)69-25-31-20-29(8-15-41(31)54(63)64)43(57)50-17-18-71(65,66)67/h6-15,19-23H,5,16-18,24-25H2,1-4H3,(H,49,56)(H,50,57)(H,51,59)(H,52,60)(H,65,66,67). The zero-order valence-corrected chi connectivity index (χ0v) is 41.2. The van der Waals surface area contributed by atoms with Crippen LogP contribution in [0, 0.1) is 20.2 Å². The Morgan fingerprint density at radius 3 is 1.62 bits per heavy atom. The SMILES string of the molecule is CCCNC(=O)c1ccc([N+](=O)[O-])c(COC(=O)Nc2ccc3[c](c2)[Ge]([CH3])([CH3])[c]2cc(NC(=O)OCc4cc(C(=O)NCCS(=O)(=O)O)ccc4[N+](=O)[O-])ccc2C32OC(=O)c3ccc(C(C)=O)cc32)c1. The van der Waals surface area contributed by atoms with Crippen LogP contribution in [0.4, 0.5) is 32.3 Å². The summed E-state index contributed by atoms with van der Waals surface area (Å²) in [7, 11) is -4.38. The molecule has 22 nitrogen and oxygen atoms in total. The molecule has 2 aliphatic rings. The molecule has 5 N–H and O–H groups in total. The van der Waals surface area contributed by atoms with E-state index in [0.29, 0.717) is 44.0 Å². The van der Waals surface area contributed by atoms with Crippen LogP contribution < -0.4 is 30.1 Å². The summed E-state index contributed by atoms with van der Waals surface area (Å²) in [5, 5.41) is 34.0. The monoisotopic (exact) mass is 1050 g/mol. The van der Waals surface area contributed by atoms with Crippen molar-refractivity contribution in [2.75, 3.05) is 29.5 Å². The van der Waals surface area contributed by atoms with Gasteiger partial charge < -0.3 is 0 Å². The Bertz CT molecular complexity index is 3220. The predicted molar refractivity (Wildman–Crippen MR) is 257 cm³/mol. The summed E-state index contributed by atoms with van der Waals surface area (Å²) in [6, 6.07) is 21.4. The molecule has 1 unspecified atom stereocenters. The van der Waals surface area contributed by atoms with Crippen LogP contribution in [0.15, 0.2) is 91.0 Å². The third kappa shape index (κ3) is 10.6. The number of nitrogens with one attached hydrogen (secondary N) is 4. The van der Waals surface area contributed by atoms with E-state index in [1.807, 2.05) is 18.4 Å². The van der Waals surface area contributed by atoms with E-state index in [1.165, 1.54) is 37.3 Å². The van der Waals surface area contributed by atoms with E-state index in [2.05, 4.69) is 21.3 Å². The number of nitrogens with zero attached hydrogens (tertiary/aromatic N) is 2. The third-order valence-corrected chi connectivity index (χ3v) is 20.0. The maximum absolute atomic E-state index is 13.8. The molecule has 1 spiro atoms. The molecule has 1 atom stereocenters. The van der Waals surface area contributed by atoms with Crippen LogP contribution in [0.1, 0.15) is 89.5 Å². The van der Waals surface area contributed by atoms with Gasteiger partial charge in [-0.05, 0) is 6.42 Å². The second-order valence-corrected chi connectivity index (χ2v) is 27.6. The van der Waals surface area contributed by atoms with Gasteiger partial charge in [-0.3, -0.25) is 4.55 Å². The summed E-state index contributed by atoms with van der Waals surface area (Å²) in [5.41, 5.74) is -0.259. The second kappa shape index (κ2) is 20.1. The molecular formula is C47H44GeN6O16S. The fraction of sp³-hybridized carbons (Fsp3) is 0.234. The third-order valence-electron chi connectivity index (χ3n) is 11.9. The minimum absolute atomic E-state index is 0.0252. The van der Waals surface area contributed by atoms with Crippen molar-refractivity contribution in [3.8, 4) is 0 Å². The van der Waals surface area contributed by atoms with E-state index >= 15 is 0 Å². The number of Topliss-reactive ketones (excluding diaryl/α,β-unsaturated/α-hetero) is 1. The summed E-state index contributed by atoms with van der Waals surface area (Å²) in [6.07, 6.45) is -1.37. The van der Waals surface area contributed by atoms with E-state index in [9.17, 15) is 57.4 Å². The molecule has 7 rings (SSSR count). The summed E-state index contributed by atoms with van der Waals surface area (Å²) in [5.74, 6) is 1.04. The molecule has 0 saturated heterocycles. The van der Waals surface area contributed by atoms with Crippen molar-refractivity contribution in [2.45, 2.75) is 50.6 Å². The van der Waals surface area contributed by atoms with Crippen molar-refractivity contribution in [1.29, 1.82) is 0 Å². The van der Waals surface area contributed by atoms with Gasteiger partial charge in [0.05, 0.1) is 5.75 Å². The predicted octanol–water partition coefficient (Wildman–Crippen LogP) is 5.56. The Kier molecular flexibility index (Phi) is 14.4. The van der Waals surface area contributed by atoms with Crippen LogP contribution in [0.5, 0.6) is 0 Å². The van der Waals surface area contributed by atoms with Crippen molar-refractivity contribution in [3.63, 3.8) is 0 Å². The number of rotatable bonds is 16. The normalized spacial score (nSPS) is 15.0. The van der Waals surface area contributed by atoms with Gasteiger partial charge in [-0.25, -0.2) is 0 Å². The molecule has 0 aliphatic carbocycles. The molecule has 0 radical (unpaired) electrons. The van der Waals surface area contributed by atoms with Gasteiger partial charge in [-0.2, -0.15) is 8.42 Å². The number of carbonyl (C=O) groups excluding carboxylic acids is 6. The Balaban J connectivity index is 1.19. The Hall–Kier alpha value is -8.03. The van der Waals surface area contributed by atoms with Crippen LogP contribution in [0.25, 0.3) is 0 Å². The molecule has 0 aromatic heterocycles. The fourth-order valence-electron chi connectivity index (χ4n) is 8.44. The van der Waals surface area contributed by atoms with E-state index in [1.54, 1.807) is 36.4 Å². The van der Waals surface area contributed by atoms with Crippen LogP contribution in [0.2, 0.25) is 11.5 Å². The quantitative estimate of drug-likeness (QED) is 0.0154. The number of ether oxygens (including phenoxy) is 3. The van der Waals surface area contributed by atoms with Gasteiger partial charge in [-0.1, -0.05) is 6.92 Å². The zero-order valence-electron chi connectivity index (χ0n) is 38.3. The number of esters is 1. The molecule has 5 aromatic carbocycles. The number of amides is 4. The van der Waals surface area contributed by atoms with Crippen LogP contribution >= 0.6 is 0 Å². The molecule has 4 amide bonds.